The summed E-state index contributed by atoms with van der Waals surface area (Å²) in [6, 6.07) is 11.4. The van der Waals surface area contributed by atoms with E-state index in [2.05, 4.69) is 15.2 Å². The summed E-state index contributed by atoms with van der Waals surface area (Å²) in [7, 11) is 0. The summed E-state index contributed by atoms with van der Waals surface area (Å²) < 4.78 is 6.88. The van der Waals surface area contributed by atoms with Crippen LogP contribution in [-0.2, 0) is 0 Å². The van der Waals surface area contributed by atoms with Crippen LogP contribution < -0.4 is 4.74 Å². The summed E-state index contributed by atoms with van der Waals surface area (Å²) in [5, 5.41) is 8.29. The predicted molar refractivity (Wildman–Crippen MR) is 91.2 cm³/mol. The summed E-state index contributed by atoms with van der Waals surface area (Å²) in [6.07, 6.45) is 3.35. The average Bonchev–Trinajstić information content (AvgIpc) is 3.06. The fourth-order valence-electron chi connectivity index (χ4n) is 2.84. The first-order chi connectivity index (χ1) is 11.8. The van der Waals surface area contributed by atoms with E-state index in [0.29, 0.717) is 17.4 Å². The van der Waals surface area contributed by atoms with Gasteiger partial charge in [-0.2, -0.15) is 5.10 Å². The molecule has 1 aliphatic heterocycles. The Bertz CT molecular complexity index is 819. The van der Waals surface area contributed by atoms with Crippen molar-refractivity contribution < 1.29 is 9.53 Å². The molecule has 24 heavy (non-hydrogen) atoms. The van der Waals surface area contributed by atoms with E-state index in [9.17, 15) is 4.79 Å². The lowest BCUT2D eigenvalue weighted by molar-refractivity contribution is 0.0525. The van der Waals surface area contributed by atoms with Crippen LogP contribution in [0.5, 0.6) is 5.88 Å². The monoisotopic (exact) mass is 340 g/mol. The van der Waals surface area contributed by atoms with E-state index in [0.717, 1.165) is 29.6 Å². The molecular weight excluding hydrogens is 324 g/mol. The molecule has 1 aliphatic rings. The molecule has 3 heterocycles. The molecule has 122 valence electrons. The third-order valence-corrected chi connectivity index (χ3v) is 5.00. The van der Waals surface area contributed by atoms with Crippen LogP contribution in [0.25, 0.3) is 10.2 Å². The van der Waals surface area contributed by atoms with Crippen molar-refractivity contribution in [3.05, 3.63) is 47.6 Å². The number of amides is 1. The number of benzene rings is 1. The second-order valence-electron chi connectivity index (χ2n) is 5.68. The highest BCUT2D eigenvalue weighted by molar-refractivity contribution is 7.20. The molecular formula is C17H16N4O2S. The van der Waals surface area contributed by atoms with Gasteiger partial charge >= 0.3 is 0 Å². The van der Waals surface area contributed by atoms with Gasteiger partial charge in [0.2, 0.25) is 5.88 Å². The molecule has 3 aromatic rings. The highest BCUT2D eigenvalue weighted by atomic mass is 32.1. The van der Waals surface area contributed by atoms with Gasteiger partial charge < -0.3 is 9.64 Å². The predicted octanol–water partition coefficient (Wildman–Crippen LogP) is 2.77. The first kappa shape index (κ1) is 15.0. The Hall–Kier alpha value is -2.54. The van der Waals surface area contributed by atoms with Crippen LogP contribution in [0.15, 0.2) is 42.6 Å². The smallest absolute Gasteiger partial charge is 0.282 e. The fourth-order valence-corrected chi connectivity index (χ4v) is 3.77. The number of rotatable bonds is 3. The van der Waals surface area contributed by atoms with Gasteiger partial charge in [-0.1, -0.05) is 12.1 Å². The Labute approximate surface area is 143 Å². The minimum absolute atomic E-state index is 0.0244. The highest BCUT2D eigenvalue weighted by Crippen LogP contribution is 2.24. The molecule has 7 heteroatoms. The van der Waals surface area contributed by atoms with Crippen molar-refractivity contribution in [2.75, 3.05) is 13.1 Å². The quantitative estimate of drug-likeness (QED) is 0.733. The first-order valence-corrected chi connectivity index (χ1v) is 8.70. The maximum Gasteiger partial charge on any atom is 0.282 e. The van der Waals surface area contributed by atoms with Crippen molar-refractivity contribution in [1.29, 1.82) is 0 Å². The van der Waals surface area contributed by atoms with Crippen molar-refractivity contribution in [2.24, 2.45) is 0 Å². The number of para-hydroxylation sites is 1. The standard InChI is InChI=1S/C17H16N4O2S/c22-17(16-19-13-6-1-2-7-14(13)24-16)21-10-4-5-12(11-21)23-15-8-3-9-18-20-15/h1-3,6-9,12H,4-5,10-11H2/t12-/m0/s1. The Balaban J connectivity index is 1.48. The molecule has 0 radical (unpaired) electrons. The zero-order valence-electron chi connectivity index (χ0n) is 13.0. The molecule has 6 nitrogen and oxygen atoms in total. The number of ether oxygens (including phenoxy) is 1. The van der Waals surface area contributed by atoms with Gasteiger partial charge in [0.05, 0.1) is 16.8 Å². The van der Waals surface area contributed by atoms with Crippen LogP contribution in [-0.4, -0.2) is 45.2 Å². The molecule has 0 unspecified atom stereocenters. The summed E-state index contributed by atoms with van der Waals surface area (Å²) >= 11 is 1.44. The second kappa shape index (κ2) is 6.52. The number of carbonyl (C=O) groups excluding carboxylic acids is 1. The first-order valence-electron chi connectivity index (χ1n) is 7.89. The second-order valence-corrected chi connectivity index (χ2v) is 6.71. The van der Waals surface area contributed by atoms with Crippen LogP contribution in [0.2, 0.25) is 0 Å². The molecule has 2 aromatic heterocycles. The molecule has 0 N–H and O–H groups in total. The topological polar surface area (TPSA) is 68.2 Å². The Morgan fingerprint density at radius 1 is 1.25 bits per heavy atom. The third-order valence-electron chi connectivity index (χ3n) is 3.98. The van der Waals surface area contributed by atoms with Crippen molar-refractivity contribution >= 4 is 27.5 Å². The SMILES string of the molecule is O=C(c1nc2ccccc2s1)N1CCC[C@H](Oc2cccnn2)C1. The van der Waals surface area contributed by atoms with Gasteiger partial charge in [-0.3, -0.25) is 4.79 Å². The number of aromatic nitrogens is 3. The number of carbonyl (C=O) groups is 1. The number of nitrogens with zero attached hydrogens (tertiary/aromatic N) is 4. The van der Waals surface area contributed by atoms with Gasteiger partial charge in [0, 0.05) is 18.8 Å². The van der Waals surface area contributed by atoms with Crippen molar-refractivity contribution in [2.45, 2.75) is 18.9 Å². The Morgan fingerprint density at radius 2 is 2.17 bits per heavy atom. The fraction of sp³-hybridized carbons (Fsp3) is 0.294. The molecule has 1 saturated heterocycles. The van der Waals surface area contributed by atoms with E-state index in [1.54, 1.807) is 18.3 Å². The number of hydrogen-bond acceptors (Lipinski definition) is 6. The summed E-state index contributed by atoms with van der Waals surface area (Å²) in [5.41, 5.74) is 0.871. The van der Waals surface area contributed by atoms with Crippen LogP contribution in [0.4, 0.5) is 0 Å². The zero-order valence-corrected chi connectivity index (χ0v) is 13.8. The molecule has 0 spiro atoms. The van der Waals surface area contributed by atoms with E-state index >= 15 is 0 Å². The number of thiazole rings is 1. The van der Waals surface area contributed by atoms with Crippen molar-refractivity contribution in [3.63, 3.8) is 0 Å². The summed E-state index contributed by atoms with van der Waals surface area (Å²) in [6.45, 7) is 1.28. The lowest BCUT2D eigenvalue weighted by Crippen LogP contribution is -2.44. The molecule has 0 bridgehead atoms. The highest BCUT2D eigenvalue weighted by Gasteiger charge is 2.27. The Kier molecular flexibility index (Phi) is 4.08. The van der Waals surface area contributed by atoms with E-state index < -0.39 is 0 Å². The van der Waals surface area contributed by atoms with Crippen LogP contribution in [0.3, 0.4) is 0 Å². The van der Waals surface area contributed by atoms with Crippen LogP contribution in [0.1, 0.15) is 22.6 Å². The molecule has 1 amide bonds. The van der Waals surface area contributed by atoms with Gasteiger partial charge in [0.1, 0.15) is 6.10 Å². The van der Waals surface area contributed by atoms with Crippen LogP contribution >= 0.6 is 11.3 Å². The van der Waals surface area contributed by atoms with E-state index in [1.807, 2.05) is 29.2 Å². The van der Waals surface area contributed by atoms with Gasteiger partial charge in [0.15, 0.2) is 5.01 Å². The van der Waals surface area contributed by atoms with Gasteiger partial charge in [-0.25, -0.2) is 4.98 Å². The summed E-state index contributed by atoms with van der Waals surface area (Å²) in [5.74, 6) is 0.473. The maximum atomic E-state index is 12.8. The summed E-state index contributed by atoms with van der Waals surface area (Å²) in [4.78, 5) is 19.0. The molecule has 1 fully saturated rings. The van der Waals surface area contributed by atoms with E-state index in [1.165, 1.54) is 11.3 Å². The van der Waals surface area contributed by atoms with Crippen molar-refractivity contribution in [3.8, 4) is 5.88 Å². The van der Waals surface area contributed by atoms with Gasteiger partial charge in [0.25, 0.3) is 5.91 Å². The lowest BCUT2D eigenvalue weighted by Gasteiger charge is -2.31. The van der Waals surface area contributed by atoms with E-state index in [-0.39, 0.29) is 12.0 Å². The Morgan fingerprint density at radius 3 is 3.00 bits per heavy atom. The van der Waals surface area contributed by atoms with Crippen molar-refractivity contribution in [1.82, 2.24) is 20.1 Å². The molecule has 1 atom stereocenters. The molecule has 0 saturated carbocycles. The average molecular weight is 340 g/mol. The third kappa shape index (κ3) is 3.07. The maximum absolute atomic E-state index is 12.8. The number of fused-ring (bicyclic) bond motifs is 1. The largest absolute Gasteiger partial charge is 0.471 e. The minimum Gasteiger partial charge on any atom is -0.471 e. The zero-order chi connectivity index (χ0) is 16.4. The lowest BCUT2D eigenvalue weighted by atomic mass is 10.1. The molecule has 1 aromatic carbocycles. The minimum atomic E-state index is -0.0613. The number of likely N-dealkylation sites (tertiary alicyclic amines) is 1. The van der Waals surface area contributed by atoms with E-state index in [4.69, 9.17) is 4.74 Å². The van der Waals surface area contributed by atoms with Crippen LogP contribution in [0, 0.1) is 0 Å². The number of hydrogen-bond donors (Lipinski definition) is 0. The molecule has 4 rings (SSSR count). The van der Waals surface area contributed by atoms with Gasteiger partial charge in [-0.15, -0.1) is 16.4 Å². The van der Waals surface area contributed by atoms with Gasteiger partial charge in [-0.05, 0) is 31.0 Å². The molecule has 0 aliphatic carbocycles. The number of piperidine rings is 1. The normalized spacial score (nSPS) is 17.8.